The summed E-state index contributed by atoms with van der Waals surface area (Å²) in [6.45, 7) is 1.12. The van der Waals surface area contributed by atoms with Gasteiger partial charge in [-0.05, 0) is 35.7 Å². The maximum absolute atomic E-state index is 12.4. The van der Waals surface area contributed by atoms with Crippen molar-refractivity contribution in [3.63, 3.8) is 0 Å². The Bertz CT molecular complexity index is 1260. The predicted molar refractivity (Wildman–Crippen MR) is 112 cm³/mol. The van der Waals surface area contributed by atoms with Crippen molar-refractivity contribution in [3.8, 4) is 0 Å². The van der Waals surface area contributed by atoms with Crippen LogP contribution in [0.2, 0.25) is 0 Å². The van der Waals surface area contributed by atoms with Gasteiger partial charge >= 0.3 is 0 Å². The van der Waals surface area contributed by atoms with E-state index in [0.717, 1.165) is 28.1 Å². The van der Waals surface area contributed by atoms with Crippen LogP contribution in [0.4, 0.5) is 0 Å². The average Bonchev–Trinajstić information content (AvgIpc) is 3.46. The fourth-order valence-corrected chi connectivity index (χ4v) is 3.53. The van der Waals surface area contributed by atoms with Crippen molar-refractivity contribution < 1.29 is 4.79 Å². The number of fused-ring (bicyclic) bond motifs is 2. The molecule has 5 rings (SSSR count). The van der Waals surface area contributed by atoms with Gasteiger partial charge in [-0.3, -0.25) is 9.89 Å². The molecule has 1 amide bonds. The molecule has 3 aromatic heterocycles. The number of H-pyrrole nitrogens is 2. The molecule has 29 heavy (non-hydrogen) atoms. The Morgan fingerprint density at radius 2 is 1.93 bits per heavy atom. The number of carbonyl (C=O) groups is 1. The van der Waals surface area contributed by atoms with Crippen LogP contribution in [0.1, 0.15) is 22.0 Å². The second-order valence-electron chi connectivity index (χ2n) is 6.99. The molecule has 0 spiro atoms. The normalized spacial score (nSPS) is 11.3. The molecule has 3 heterocycles. The number of aromatic amines is 2. The summed E-state index contributed by atoms with van der Waals surface area (Å²) in [7, 11) is 0. The number of aromatic nitrogens is 5. The number of para-hydroxylation sites is 3. The molecule has 7 heteroatoms. The van der Waals surface area contributed by atoms with E-state index in [9.17, 15) is 4.79 Å². The highest BCUT2D eigenvalue weighted by Gasteiger charge is 2.11. The van der Waals surface area contributed by atoms with E-state index in [4.69, 9.17) is 0 Å². The average molecular weight is 384 g/mol. The van der Waals surface area contributed by atoms with Crippen LogP contribution in [0.15, 0.2) is 66.9 Å². The van der Waals surface area contributed by atoms with Crippen LogP contribution < -0.4 is 5.32 Å². The third-order valence-electron chi connectivity index (χ3n) is 4.97. The first kappa shape index (κ1) is 17.2. The largest absolute Gasteiger partial charge is 0.350 e. The monoisotopic (exact) mass is 384 g/mol. The molecule has 0 bridgehead atoms. The number of imidazole rings is 1. The summed E-state index contributed by atoms with van der Waals surface area (Å²) in [4.78, 5) is 20.2. The van der Waals surface area contributed by atoms with Crippen LogP contribution in [0.3, 0.4) is 0 Å². The molecule has 0 aliphatic heterocycles. The Kier molecular flexibility index (Phi) is 4.32. The van der Waals surface area contributed by atoms with Crippen molar-refractivity contribution in [2.45, 2.75) is 13.0 Å². The van der Waals surface area contributed by atoms with Gasteiger partial charge in [-0.15, -0.1) is 0 Å². The summed E-state index contributed by atoms with van der Waals surface area (Å²) in [5, 5.41) is 11.2. The van der Waals surface area contributed by atoms with Gasteiger partial charge in [-0.25, -0.2) is 4.98 Å². The van der Waals surface area contributed by atoms with Gasteiger partial charge in [0.2, 0.25) is 0 Å². The standard InChI is InChI=1S/C22H20N6O/c29-22(23-11-9-21-24-17-6-2-3-7-18(17)25-21)19-13-16(26-27-19)14-28-12-10-15-5-1-4-8-20(15)28/h1-8,10,12-13H,9,11,14H2,(H,23,29)(H,24,25)(H,26,27). The molecule has 7 nitrogen and oxygen atoms in total. The molecule has 0 radical (unpaired) electrons. The maximum Gasteiger partial charge on any atom is 0.271 e. The van der Waals surface area contributed by atoms with Crippen LogP contribution in [0.25, 0.3) is 21.9 Å². The lowest BCUT2D eigenvalue weighted by molar-refractivity contribution is 0.0949. The molecular weight excluding hydrogens is 364 g/mol. The molecule has 0 aliphatic carbocycles. The number of carbonyl (C=O) groups excluding carboxylic acids is 1. The Balaban J connectivity index is 1.20. The molecule has 0 fully saturated rings. The Labute approximate surface area is 166 Å². The molecule has 0 atom stereocenters. The van der Waals surface area contributed by atoms with E-state index in [-0.39, 0.29) is 5.91 Å². The number of hydrogen-bond donors (Lipinski definition) is 3. The van der Waals surface area contributed by atoms with Gasteiger partial charge in [0.05, 0.1) is 23.3 Å². The van der Waals surface area contributed by atoms with E-state index in [1.54, 1.807) is 6.07 Å². The Morgan fingerprint density at radius 1 is 1.07 bits per heavy atom. The number of nitrogens with zero attached hydrogens (tertiary/aromatic N) is 3. The van der Waals surface area contributed by atoms with Gasteiger partial charge in [0.1, 0.15) is 11.5 Å². The van der Waals surface area contributed by atoms with E-state index in [1.165, 1.54) is 5.39 Å². The van der Waals surface area contributed by atoms with Gasteiger partial charge in [0.25, 0.3) is 5.91 Å². The van der Waals surface area contributed by atoms with Crippen molar-refractivity contribution in [1.29, 1.82) is 0 Å². The Hall–Kier alpha value is -3.87. The third-order valence-corrected chi connectivity index (χ3v) is 4.97. The first-order valence-corrected chi connectivity index (χ1v) is 9.56. The molecule has 2 aromatic carbocycles. The lowest BCUT2D eigenvalue weighted by atomic mass is 10.2. The van der Waals surface area contributed by atoms with E-state index in [2.05, 4.69) is 48.2 Å². The lowest BCUT2D eigenvalue weighted by Gasteiger charge is -2.02. The van der Waals surface area contributed by atoms with Gasteiger partial charge in [0.15, 0.2) is 0 Å². The molecule has 0 saturated carbocycles. The summed E-state index contributed by atoms with van der Waals surface area (Å²) < 4.78 is 2.13. The minimum atomic E-state index is -0.194. The smallest absolute Gasteiger partial charge is 0.271 e. The summed E-state index contributed by atoms with van der Waals surface area (Å²) in [6.07, 6.45) is 2.67. The van der Waals surface area contributed by atoms with E-state index in [1.807, 2.05) is 42.6 Å². The maximum atomic E-state index is 12.4. The lowest BCUT2D eigenvalue weighted by Crippen LogP contribution is -2.26. The topological polar surface area (TPSA) is 91.4 Å². The van der Waals surface area contributed by atoms with E-state index >= 15 is 0 Å². The van der Waals surface area contributed by atoms with Crippen LogP contribution in [0, 0.1) is 0 Å². The highest BCUT2D eigenvalue weighted by atomic mass is 16.1. The zero-order chi connectivity index (χ0) is 19.6. The quantitative estimate of drug-likeness (QED) is 0.420. The van der Waals surface area contributed by atoms with Crippen LogP contribution >= 0.6 is 0 Å². The first-order chi connectivity index (χ1) is 14.3. The third kappa shape index (κ3) is 3.50. The van der Waals surface area contributed by atoms with Crippen molar-refractivity contribution in [1.82, 2.24) is 30.0 Å². The number of rotatable bonds is 6. The summed E-state index contributed by atoms with van der Waals surface area (Å²) in [6, 6.07) is 20.0. The summed E-state index contributed by atoms with van der Waals surface area (Å²) in [5.41, 5.74) is 4.36. The van der Waals surface area contributed by atoms with Crippen molar-refractivity contribution in [2.24, 2.45) is 0 Å². The fraction of sp³-hybridized carbons (Fsp3) is 0.136. The molecule has 144 valence electrons. The van der Waals surface area contributed by atoms with Gasteiger partial charge in [-0.1, -0.05) is 30.3 Å². The second kappa shape index (κ2) is 7.27. The van der Waals surface area contributed by atoms with Gasteiger partial charge in [-0.2, -0.15) is 5.10 Å². The van der Waals surface area contributed by atoms with E-state index in [0.29, 0.717) is 25.2 Å². The molecule has 5 aromatic rings. The number of amides is 1. The number of benzene rings is 2. The Morgan fingerprint density at radius 3 is 2.86 bits per heavy atom. The number of hydrogen-bond acceptors (Lipinski definition) is 3. The summed E-state index contributed by atoms with van der Waals surface area (Å²) >= 11 is 0. The van der Waals surface area contributed by atoms with Crippen LogP contribution in [0.5, 0.6) is 0 Å². The van der Waals surface area contributed by atoms with E-state index < -0.39 is 0 Å². The highest BCUT2D eigenvalue weighted by Crippen LogP contribution is 2.16. The van der Waals surface area contributed by atoms with Crippen molar-refractivity contribution in [2.75, 3.05) is 6.54 Å². The minimum Gasteiger partial charge on any atom is -0.350 e. The highest BCUT2D eigenvalue weighted by molar-refractivity contribution is 5.92. The van der Waals surface area contributed by atoms with Crippen LogP contribution in [-0.4, -0.2) is 37.2 Å². The fourth-order valence-electron chi connectivity index (χ4n) is 3.53. The number of nitrogens with one attached hydrogen (secondary N) is 3. The molecule has 0 aliphatic rings. The van der Waals surface area contributed by atoms with Gasteiger partial charge in [0, 0.05) is 24.7 Å². The SMILES string of the molecule is O=C(NCCc1nc2ccccc2[nH]1)c1cc(Cn2ccc3ccccc32)[nH]n1. The molecular formula is C22H20N6O. The molecule has 0 saturated heterocycles. The zero-order valence-electron chi connectivity index (χ0n) is 15.7. The van der Waals surface area contributed by atoms with Gasteiger partial charge < -0.3 is 14.9 Å². The second-order valence-corrected chi connectivity index (χ2v) is 6.99. The molecule has 3 N–H and O–H groups in total. The van der Waals surface area contributed by atoms with Crippen molar-refractivity contribution >= 4 is 27.8 Å². The summed E-state index contributed by atoms with van der Waals surface area (Å²) in [5.74, 6) is 0.662. The van der Waals surface area contributed by atoms with Crippen molar-refractivity contribution in [3.05, 3.63) is 84.1 Å². The predicted octanol–water partition coefficient (Wildman–Crippen LogP) is 3.26. The molecule has 0 unspecified atom stereocenters. The first-order valence-electron chi connectivity index (χ1n) is 9.56. The van der Waals surface area contributed by atoms with Crippen LogP contribution in [-0.2, 0) is 13.0 Å². The zero-order valence-corrected chi connectivity index (χ0v) is 15.7. The minimum absolute atomic E-state index is 0.194.